The summed E-state index contributed by atoms with van der Waals surface area (Å²) in [6.07, 6.45) is 4.79. The van der Waals surface area contributed by atoms with Crippen LogP contribution in [0.5, 0.6) is 0 Å². The minimum absolute atomic E-state index is 0.231. The molecule has 2 heterocycles. The van der Waals surface area contributed by atoms with Gasteiger partial charge in [0.1, 0.15) is 5.69 Å². The Bertz CT molecular complexity index is 533. The van der Waals surface area contributed by atoms with Gasteiger partial charge in [-0.05, 0) is 45.2 Å². The number of piperidine rings is 2. The van der Waals surface area contributed by atoms with E-state index in [0.29, 0.717) is 5.41 Å². The van der Waals surface area contributed by atoms with Crippen molar-refractivity contribution in [1.29, 1.82) is 0 Å². The van der Waals surface area contributed by atoms with Crippen molar-refractivity contribution in [2.75, 3.05) is 31.1 Å². The number of para-hydroxylation sites is 1. The summed E-state index contributed by atoms with van der Waals surface area (Å²) in [6, 6.07) is 5.65. The summed E-state index contributed by atoms with van der Waals surface area (Å²) in [5, 5.41) is 14.9. The van der Waals surface area contributed by atoms with Gasteiger partial charge in [0, 0.05) is 30.6 Å². The monoisotopic (exact) mass is 289 g/mol. The van der Waals surface area contributed by atoms with Gasteiger partial charge in [0.25, 0.3) is 5.69 Å². The van der Waals surface area contributed by atoms with Gasteiger partial charge < -0.3 is 10.2 Å². The third-order valence-corrected chi connectivity index (χ3v) is 4.96. The lowest BCUT2D eigenvalue weighted by molar-refractivity contribution is -0.384. The van der Waals surface area contributed by atoms with E-state index in [9.17, 15) is 10.1 Å². The van der Waals surface area contributed by atoms with Crippen molar-refractivity contribution in [3.8, 4) is 0 Å². The van der Waals surface area contributed by atoms with Crippen molar-refractivity contribution in [1.82, 2.24) is 5.32 Å². The van der Waals surface area contributed by atoms with Gasteiger partial charge in [-0.3, -0.25) is 10.1 Å². The Kier molecular flexibility index (Phi) is 3.85. The molecular weight excluding hydrogens is 266 g/mol. The molecule has 1 atom stereocenters. The fraction of sp³-hybridized carbons (Fsp3) is 0.625. The highest BCUT2D eigenvalue weighted by Gasteiger charge is 2.38. The first-order valence-electron chi connectivity index (χ1n) is 7.81. The number of benzene rings is 1. The van der Waals surface area contributed by atoms with Gasteiger partial charge in [-0.25, -0.2) is 0 Å². The molecule has 0 bridgehead atoms. The molecule has 21 heavy (non-hydrogen) atoms. The molecule has 114 valence electrons. The van der Waals surface area contributed by atoms with E-state index in [1.54, 1.807) is 0 Å². The third kappa shape index (κ3) is 2.75. The van der Waals surface area contributed by atoms with Crippen molar-refractivity contribution >= 4 is 11.4 Å². The van der Waals surface area contributed by atoms with E-state index >= 15 is 0 Å². The largest absolute Gasteiger partial charge is 0.365 e. The maximum absolute atomic E-state index is 11.4. The predicted octanol–water partition coefficient (Wildman–Crippen LogP) is 2.87. The number of nitro groups is 1. The molecule has 2 fully saturated rings. The summed E-state index contributed by atoms with van der Waals surface area (Å²) in [5.74, 6) is 0. The number of rotatable bonds is 2. The van der Waals surface area contributed by atoms with E-state index in [-0.39, 0.29) is 10.6 Å². The lowest BCUT2D eigenvalue weighted by atomic mass is 9.74. The molecule has 0 amide bonds. The minimum Gasteiger partial charge on any atom is -0.365 e. The summed E-state index contributed by atoms with van der Waals surface area (Å²) in [6.45, 7) is 5.83. The van der Waals surface area contributed by atoms with Crippen molar-refractivity contribution in [3.05, 3.63) is 33.9 Å². The van der Waals surface area contributed by atoms with Crippen LogP contribution < -0.4 is 10.2 Å². The number of anilines is 1. The molecule has 5 nitrogen and oxygen atoms in total. The molecule has 2 saturated heterocycles. The van der Waals surface area contributed by atoms with Crippen LogP contribution in [0.15, 0.2) is 18.2 Å². The molecule has 3 rings (SSSR count). The van der Waals surface area contributed by atoms with Crippen LogP contribution in [0, 0.1) is 22.5 Å². The first kappa shape index (κ1) is 14.3. The molecule has 1 N–H and O–H groups in total. The molecule has 0 aromatic heterocycles. The van der Waals surface area contributed by atoms with Crippen LogP contribution in [0.4, 0.5) is 11.4 Å². The van der Waals surface area contributed by atoms with Crippen molar-refractivity contribution in [3.63, 3.8) is 0 Å². The zero-order valence-electron chi connectivity index (χ0n) is 12.6. The smallest absolute Gasteiger partial charge is 0.295 e. The number of nitrogens with one attached hydrogen (secondary N) is 1. The Morgan fingerprint density at radius 3 is 2.86 bits per heavy atom. The second kappa shape index (κ2) is 5.64. The van der Waals surface area contributed by atoms with Gasteiger partial charge in [0.05, 0.1) is 4.92 Å². The van der Waals surface area contributed by atoms with Crippen LogP contribution in [0.2, 0.25) is 0 Å². The van der Waals surface area contributed by atoms with E-state index in [2.05, 4.69) is 10.2 Å². The predicted molar refractivity (Wildman–Crippen MR) is 83.8 cm³/mol. The summed E-state index contributed by atoms with van der Waals surface area (Å²) < 4.78 is 0. The molecule has 2 aliphatic rings. The quantitative estimate of drug-likeness (QED) is 0.672. The first-order valence-corrected chi connectivity index (χ1v) is 7.81. The van der Waals surface area contributed by atoms with E-state index in [1.807, 2.05) is 25.1 Å². The average molecular weight is 289 g/mol. The van der Waals surface area contributed by atoms with Crippen LogP contribution in [-0.2, 0) is 0 Å². The normalized spacial score (nSPS) is 26.0. The molecule has 1 spiro atoms. The molecule has 0 aliphatic carbocycles. The maximum Gasteiger partial charge on any atom is 0.295 e. The van der Waals surface area contributed by atoms with Crippen molar-refractivity contribution in [2.45, 2.75) is 32.6 Å². The Hall–Kier alpha value is -1.62. The molecule has 1 aromatic carbocycles. The summed E-state index contributed by atoms with van der Waals surface area (Å²) in [4.78, 5) is 13.4. The van der Waals surface area contributed by atoms with Crippen LogP contribution in [0.1, 0.15) is 31.2 Å². The number of hydrogen-bond acceptors (Lipinski definition) is 4. The third-order valence-electron chi connectivity index (χ3n) is 4.96. The first-order chi connectivity index (χ1) is 10.1. The second-order valence-corrected chi connectivity index (χ2v) is 6.51. The SMILES string of the molecule is Cc1cccc(N2CCCC3(CCCNC3)C2)c1[N+](=O)[O-]. The van der Waals surface area contributed by atoms with Gasteiger partial charge in [0.15, 0.2) is 0 Å². The van der Waals surface area contributed by atoms with Crippen LogP contribution in [0.3, 0.4) is 0 Å². The van der Waals surface area contributed by atoms with Crippen molar-refractivity contribution in [2.24, 2.45) is 5.41 Å². The van der Waals surface area contributed by atoms with Gasteiger partial charge in [0.2, 0.25) is 0 Å². The lowest BCUT2D eigenvalue weighted by Gasteiger charge is -2.46. The van der Waals surface area contributed by atoms with E-state index in [4.69, 9.17) is 0 Å². The molecule has 0 radical (unpaired) electrons. The summed E-state index contributed by atoms with van der Waals surface area (Å²) >= 11 is 0. The standard InChI is InChI=1S/C16H23N3O2/c1-13-5-2-6-14(15(13)19(20)21)18-10-4-8-16(12-18)7-3-9-17-11-16/h2,5-6,17H,3-4,7-12H2,1H3. The molecule has 5 heteroatoms. The number of nitrogens with zero attached hydrogens (tertiary/aromatic N) is 2. The Morgan fingerprint density at radius 2 is 2.14 bits per heavy atom. The highest BCUT2D eigenvalue weighted by Crippen LogP contribution is 2.40. The number of hydrogen-bond donors (Lipinski definition) is 1. The van der Waals surface area contributed by atoms with Gasteiger partial charge in [-0.1, -0.05) is 12.1 Å². The minimum atomic E-state index is -0.231. The lowest BCUT2D eigenvalue weighted by Crippen LogP contribution is -2.51. The van der Waals surface area contributed by atoms with Crippen molar-refractivity contribution < 1.29 is 4.92 Å². The fourth-order valence-corrected chi connectivity index (χ4v) is 3.93. The second-order valence-electron chi connectivity index (χ2n) is 6.51. The highest BCUT2D eigenvalue weighted by atomic mass is 16.6. The number of nitro benzene ring substituents is 1. The van der Waals surface area contributed by atoms with E-state index < -0.39 is 0 Å². The van der Waals surface area contributed by atoms with Crippen LogP contribution in [0.25, 0.3) is 0 Å². The molecule has 1 unspecified atom stereocenters. The Morgan fingerprint density at radius 1 is 1.33 bits per heavy atom. The Balaban J connectivity index is 1.90. The van der Waals surface area contributed by atoms with Crippen LogP contribution >= 0.6 is 0 Å². The van der Waals surface area contributed by atoms with E-state index in [0.717, 1.165) is 43.9 Å². The molecule has 2 aliphatic heterocycles. The van der Waals surface area contributed by atoms with E-state index in [1.165, 1.54) is 19.3 Å². The zero-order chi connectivity index (χ0) is 14.9. The molecular formula is C16H23N3O2. The molecule has 0 saturated carbocycles. The summed E-state index contributed by atoms with van der Waals surface area (Å²) in [5.41, 5.74) is 2.12. The van der Waals surface area contributed by atoms with Gasteiger partial charge >= 0.3 is 0 Å². The molecule has 1 aromatic rings. The number of aryl methyl sites for hydroxylation is 1. The maximum atomic E-state index is 11.4. The average Bonchev–Trinajstić information content (AvgIpc) is 2.47. The van der Waals surface area contributed by atoms with Crippen LogP contribution in [-0.4, -0.2) is 31.1 Å². The fourth-order valence-electron chi connectivity index (χ4n) is 3.93. The topological polar surface area (TPSA) is 58.4 Å². The van der Waals surface area contributed by atoms with Gasteiger partial charge in [-0.15, -0.1) is 0 Å². The van der Waals surface area contributed by atoms with Gasteiger partial charge in [-0.2, -0.15) is 0 Å². The summed E-state index contributed by atoms with van der Waals surface area (Å²) in [7, 11) is 0. The Labute approximate surface area is 125 Å². The zero-order valence-corrected chi connectivity index (χ0v) is 12.6. The highest BCUT2D eigenvalue weighted by molar-refractivity contribution is 5.67.